The molecule has 0 saturated heterocycles. The molecule has 1 aliphatic rings. The van der Waals surface area contributed by atoms with E-state index in [9.17, 15) is 14.7 Å². The topological polar surface area (TPSA) is 141 Å². The van der Waals surface area contributed by atoms with Crippen molar-refractivity contribution in [3.05, 3.63) is 92.6 Å². The Kier molecular flexibility index (Phi) is 11.5. The summed E-state index contributed by atoms with van der Waals surface area (Å²) in [4.78, 5) is 33.2. The first-order valence-corrected chi connectivity index (χ1v) is 16.3. The van der Waals surface area contributed by atoms with Crippen molar-refractivity contribution in [1.82, 2.24) is 29.3 Å². The number of aromatic amines is 1. The van der Waals surface area contributed by atoms with Crippen molar-refractivity contribution in [3.8, 4) is 22.5 Å². The van der Waals surface area contributed by atoms with E-state index in [4.69, 9.17) is 9.26 Å². The molecule has 0 amide bonds. The van der Waals surface area contributed by atoms with E-state index in [2.05, 4.69) is 27.1 Å². The Bertz CT molecular complexity index is 1910. The van der Waals surface area contributed by atoms with Gasteiger partial charge in [-0.05, 0) is 69.1 Å². The first kappa shape index (κ1) is 35.6. The minimum atomic E-state index is -0.904. The molecule has 0 bridgehead atoms. The summed E-state index contributed by atoms with van der Waals surface area (Å²) in [6.07, 6.45) is 7.31. The zero-order valence-electron chi connectivity index (χ0n) is 27.9. The fourth-order valence-electron chi connectivity index (χ4n) is 6.81. The number of benzene rings is 2. The molecule has 243 valence electrons. The number of hydrogen-bond acceptors (Lipinski definition) is 8. The molecule has 11 nitrogen and oxygen atoms in total. The minimum Gasteiger partial charge on any atom is -0.388 e. The van der Waals surface area contributed by atoms with Crippen molar-refractivity contribution in [2.45, 2.75) is 103 Å². The third kappa shape index (κ3) is 7.64. The Labute approximate surface area is 316 Å². The van der Waals surface area contributed by atoms with Gasteiger partial charge >= 0.3 is 5.76 Å². The van der Waals surface area contributed by atoms with Crippen molar-refractivity contribution in [2.75, 3.05) is 0 Å². The van der Waals surface area contributed by atoms with Gasteiger partial charge in [0.2, 0.25) is 5.78 Å². The van der Waals surface area contributed by atoms with Crippen LogP contribution in [0.1, 0.15) is 89.1 Å². The van der Waals surface area contributed by atoms with Crippen LogP contribution in [0.25, 0.3) is 28.3 Å². The van der Waals surface area contributed by atoms with E-state index >= 15 is 0 Å². The van der Waals surface area contributed by atoms with E-state index in [-0.39, 0.29) is 75.2 Å². The summed E-state index contributed by atoms with van der Waals surface area (Å²) >= 11 is 0. The van der Waals surface area contributed by atoms with E-state index in [1.807, 2.05) is 64.5 Å². The quantitative estimate of drug-likeness (QED) is 0.186. The maximum atomic E-state index is 14.4. The summed E-state index contributed by atoms with van der Waals surface area (Å²) < 4.78 is 14.8. The number of aryl methyl sites for hydroxylation is 1. The Morgan fingerprint density at radius 1 is 1.04 bits per heavy atom. The molecule has 1 radical (unpaired) electrons. The van der Waals surface area contributed by atoms with E-state index in [1.54, 1.807) is 13.8 Å². The molecule has 0 spiro atoms. The Morgan fingerprint density at radius 2 is 1.74 bits per heavy atom. The van der Waals surface area contributed by atoms with Crippen molar-refractivity contribution in [2.24, 2.45) is 0 Å². The second-order valence-corrected chi connectivity index (χ2v) is 12.8. The maximum absolute atomic E-state index is 14.4. The third-order valence-corrected chi connectivity index (χ3v) is 9.11. The van der Waals surface area contributed by atoms with Gasteiger partial charge in [-0.2, -0.15) is 10.1 Å². The summed E-state index contributed by atoms with van der Waals surface area (Å²) in [6.45, 7) is 7.72. The summed E-state index contributed by atoms with van der Waals surface area (Å²) in [6, 6.07) is 15.8. The molecule has 0 aliphatic heterocycles. The average Bonchev–Trinajstić information content (AvgIpc) is 3.71. The zero-order chi connectivity index (χ0) is 32.4. The van der Waals surface area contributed by atoms with E-state index in [1.165, 1.54) is 6.33 Å². The van der Waals surface area contributed by atoms with Crippen LogP contribution >= 0.6 is 0 Å². The number of H-pyrrole nitrogens is 1. The molecule has 1 atom stereocenters. The van der Waals surface area contributed by atoms with Gasteiger partial charge in [-0.25, -0.2) is 9.31 Å². The molecule has 1 saturated carbocycles. The number of aromatic nitrogens is 6. The van der Waals surface area contributed by atoms with Crippen molar-refractivity contribution < 1.29 is 14.4 Å². The Hall–Kier alpha value is -2.71. The molecule has 5 aromatic rings. The van der Waals surface area contributed by atoms with Gasteiger partial charge in [0.05, 0.1) is 23.5 Å². The number of ether oxygens (including phenoxy) is 1. The fraction of sp³-hybridized carbons (Fsp3) is 0.457. The number of fused-ring (bicyclic) bond motifs is 1. The van der Waals surface area contributed by atoms with E-state index in [0.717, 1.165) is 72.0 Å². The molecule has 2 aromatic carbocycles. The zero-order valence-corrected chi connectivity index (χ0v) is 31.0. The average molecular weight is 666 g/mol. The second kappa shape index (κ2) is 15.2. The molecular formula is C35H42KN6O5. The molecule has 3 aromatic heterocycles. The smallest absolute Gasteiger partial charge is 0.388 e. The minimum absolute atomic E-state index is 0. The van der Waals surface area contributed by atoms with Gasteiger partial charge in [0.25, 0.3) is 5.56 Å². The third-order valence-electron chi connectivity index (χ3n) is 9.11. The van der Waals surface area contributed by atoms with Crippen LogP contribution in [-0.4, -0.2) is 104 Å². The summed E-state index contributed by atoms with van der Waals surface area (Å²) in [7, 11) is 0. The number of nitrogens with one attached hydrogen (secondary N) is 1. The largest absolute Gasteiger partial charge is 0.439 e. The number of nitrogens with zero attached hydrogens (tertiary/aromatic N) is 5. The van der Waals surface area contributed by atoms with Crippen LogP contribution in [0, 0.1) is 0 Å². The van der Waals surface area contributed by atoms with Gasteiger partial charge in [0, 0.05) is 75.0 Å². The van der Waals surface area contributed by atoms with Crippen LogP contribution in [0.5, 0.6) is 0 Å². The van der Waals surface area contributed by atoms with Crippen LogP contribution in [0.2, 0.25) is 0 Å². The van der Waals surface area contributed by atoms with Gasteiger partial charge in [-0.1, -0.05) is 74.0 Å². The Balaban J connectivity index is 0.00000433. The number of aliphatic hydroxyl groups is 1. The molecule has 2 N–H and O–H groups in total. The first-order valence-electron chi connectivity index (χ1n) is 16.3. The van der Waals surface area contributed by atoms with Crippen LogP contribution in [0.3, 0.4) is 0 Å². The van der Waals surface area contributed by atoms with Crippen LogP contribution in [-0.2, 0) is 17.6 Å². The molecule has 1 unspecified atom stereocenters. The first-order chi connectivity index (χ1) is 22.2. The van der Waals surface area contributed by atoms with Crippen LogP contribution < -0.4 is 11.3 Å². The van der Waals surface area contributed by atoms with Crippen LogP contribution in [0.15, 0.2) is 69.0 Å². The standard InChI is InChI=1S/C35H42N6O5.K/c1-5-9-29-28(20-22-12-14-23(15-13-22)26-10-7-8-11-27(26)31-38-34(43)46-39-31)32(42)40(33-36-21-37-41(29)33)24-16-18-25(19-17-24)45-30(6-2)35(3,4)44;/h7-8,10-15,21,24-25,30,44H,5-6,9,16-20H2,1-4H3,(H,38,39,43);. The van der Waals surface area contributed by atoms with Crippen molar-refractivity contribution >= 4 is 57.2 Å². The summed E-state index contributed by atoms with van der Waals surface area (Å²) in [5, 5.41) is 19.0. The molecule has 12 heteroatoms. The second-order valence-electron chi connectivity index (χ2n) is 12.8. The molecule has 3 heterocycles. The Morgan fingerprint density at radius 3 is 2.36 bits per heavy atom. The van der Waals surface area contributed by atoms with Crippen LogP contribution in [0.4, 0.5) is 0 Å². The molecule has 1 aliphatic carbocycles. The molecule has 47 heavy (non-hydrogen) atoms. The van der Waals surface area contributed by atoms with Gasteiger partial charge in [-0.3, -0.25) is 18.9 Å². The fourth-order valence-corrected chi connectivity index (χ4v) is 6.81. The maximum Gasteiger partial charge on any atom is 0.439 e. The molecule has 6 rings (SSSR count). The SMILES string of the molecule is CCCc1c(Cc2ccc(-c3ccccc3-c3noc(=O)[nH]3)cc2)c(=O)n(C2CCC(OC(CC)C(C)(C)O)CC2)c2ncnn12.[K]. The molecule has 1 fully saturated rings. The predicted molar refractivity (Wildman–Crippen MR) is 181 cm³/mol. The monoisotopic (exact) mass is 665 g/mol. The van der Waals surface area contributed by atoms with Gasteiger partial charge in [0.1, 0.15) is 6.33 Å². The normalized spacial score (nSPS) is 17.5. The van der Waals surface area contributed by atoms with E-state index in [0.29, 0.717) is 24.4 Å². The van der Waals surface area contributed by atoms with Gasteiger partial charge < -0.3 is 9.84 Å². The predicted octanol–water partition coefficient (Wildman–Crippen LogP) is 5.11. The number of hydrogen-bond donors (Lipinski definition) is 2. The summed E-state index contributed by atoms with van der Waals surface area (Å²) in [5.74, 6) is 0.358. The van der Waals surface area contributed by atoms with Crippen molar-refractivity contribution in [1.29, 1.82) is 0 Å². The number of rotatable bonds is 11. The van der Waals surface area contributed by atoms with Gasteiger partial charge in [0.15, 0.2) is 5.82 Å². The van der Waals surface area contributed by atoms with E-state index < -0.39 is 11.4 Å². The molecular weight excluding hydrogens is 624 g/mol. The summed E-state index contributed by atoms with van der Waals surface area (Å²) in [5.41, 5.74) is 4.34. The van der Waals surface area contributed by atoms with Crippen molar-refractivity contribution in [3.63, 3.8) is 0 Å². The van der Waals surface area contributed by atoms with Gasteiger partial charge in [-0.15, -0.1) is 0 Å².